The third-order valence-corrected chi connectivity index (χ3v) is 5.52. The number of piperidine rings is 1. The van der Waals surface area contributed by atoms with E-state index in [1.54, 1.807) is 0 Å². The van der Waals surface area contributed by atoms with Gasteiger partial charge in [-0.1, -0.05) is 0 Å². The van der Waals surface area contributed by atoms with Crippen molar-refractivity contribution in [1.29, 1.82) is 5.26 Å². The Morgan fingerprint density at radius 3 is 2.82 bits per heavy atom. The lowest BCUT2D eigenvalue weighted by Gasteiger charge is -2.22. The number of benzene rings is 1. The summed E-state index contributed by atoms with van der Waals surface area (Å²) >= 11 is 0. The van der Waals surface area contributed by atoms with Crippen molar-refractivity contribution in [3.63, 3.8) is 0 Å². The molecule has 0 atom stereocenters. The molecule has 1 N–H and O–H groups in total. The van der Waals surface area contributed by atoms with Crippen LogP contribution in [0.4, 0.5) is 0 Å². The number of fused-ring (bicyclic) bond motifs is 1. The molecular formula is C22H25N5O. The highest BCUT2D eigenvalue weighted by Crippen LogP contribution is 2.30. The van der Waals surface area contributed by atoms with Gasteiger partial charge in [0.2, 0.25) is 5.82 Å². The van der Waals surface area contributed by atoms with E-state index >= 15 is 0 Å². The smallest absolute Gasteiger partial charge is 0.234 e. The van der Waals surface area contributed by atoms with Crippen molar-refractivity contribution in [2.75, 3.05) is 19.7 Å². The molecule has 1 aliphatic rings. The first-order valence-corrected chi connectivity index (χ1v) is 9.83. The highest BCUT2D eigenvalue weighted by Gasteiger charge is 2.15. The van der Waals surface area contributed by atoms with Gasteiger partial charge in [-0.3, -0.25) is 0 Å². The zero-order valence-corrected chi connectivity index (χ0v) is 16.4. The van der Waals surface area contributed by atoms with E-state index in [-0.39, 0.29) is 5.82 Å². The third kappa shape index (κ3) is 3.71. The Morgan fingerprint density at radius 2 is 2.07 bits per heavy atom. The first kappa shape index (κ1) is 18.5. The van der Waals surface area contributed by atoms with Crippen LogP contribution >= 0.6 is 0 Å². The number of nitriles is 1. The molecule has 0 radical (unpaired) electrons. The molecule has 1 saturated heterocycles. The van der Waals surface area contributed by atoms with Gasteiger partial charge in [-0.05, 0) is 75.0 Å². The molecule has 0 aliphatic carbocycles. The molecule has 6 nitrogen and oxygen atoms in total. The number of hydrogen-bond donors (Lipinski definition) is 1. The average molecular weight is 375 g/mol. The molecule has 3 heterocycles. The Morgan fingerprint density at radius 1 is 1.25 bits per heavy atom. The minimum absolute atomic E-state index is 0.184. The van der Waals surface area contributed by atoms with Gasteiger partial charge in [0, 0.05) is 24.2 Å². The van der Waals surface area contributed by atoms with E-state index in [4.69, 9.17) is 4.74 Å². The van der Waals surface area contributed by atoms with Gasteiger partial charge in [-0.15, -0.1) is 0 Å². The van der Waals surface area contributed by atoms with Crippen LogP contribution in [0.3, 0.4) is 0 Å². The van der Waals surface area contributed by atoms with Crippen molar-refractivity contribution < 1.29 is 4.74 Å². The van der Waals surface area contributed by atoms with Gasteiger partial charge in [0.15, 0.2) is 0 Å². The van der Waals surface area contributed by atoms with Crippen molar-refractivity contribution in [1.82, 2.24) is 19.9 Å². The number of rotatable bonds is 5. The molecule has 0 spiro atoms. The molecule has 3 aromatic rings. The fourth-order valence-corrected chi connectivity index (χ4v) is 3.87. The van der Waals surface area contributed by atoms with Gasteiger partial charge < -0.3 is 14.6 Å². The van der Waals surface area contributed by atoms with Crippen LogP contribution in [-0.2, 0) is 7.05 Å². The minimum Gasteiger partial charge on any atom is -0.493 e. The average Bonchev–Trinajstić information content (AvgIpc) is 3.10. The van der Waals surface area contributed by atoms with E-state index in [9.17, 15) is 5.26 Å². The lowest BCUT2D eigenvalue weighted by molar-refractivity contribution is 0.251. The van der Waals surface area contributed by atoms with Crippen LogP contribution < -0.4 is 10.1 Å². The molecule has 0 amide bonds. The normalized spacial score (nSPS) is 14.9. The molecule has 1 aromatic carbocycles. The monoisotopic (exact) mass is 375 g/mol. The van der Waals surface area contributed by atoms with Crippen molar-refractivity contribution in [2.45, 2.75) is 26.2 Å². The van der Waals surface area contributed by atoms with Crippen molar-refractivity contribution >= 4 is 11.0 Å². The van der Waals surface area contributed by atoms with Gasteiger partial charge in [0.1, 0.15) is 17.5 Å². The van der Waals surface area contributed by atoms with E-state index in [2.05, 4.69) is 34.3 Å². The second-order valence-corrected chi connectivity index (χ2v) is 7.48. The molecular weight excluding hydrogens is 350 g/mol. The Hall–Kier alpha value is -2.91. The summed E-state index contributed by atoms with van der Waals surface area (Å²) in [6.07, 6.45) is 5.52. The zero-order valence-electron chi connectivity index (χ0n) is 16.4. The van der Waals surface area contributed by atoms with Gasteiger partial charge in [-0.2, -0.15) is 5.26 Å². The first-order chi connectivity index (χ1) is 13.7. The second-order valence-electron chi connectivity index (χ2n) is 7.48. The second kappa shape index (κ2) is 7.99. The molecule has 4 rings (SSSR count). The third-order valence-electron chi connectivity index (χ3n) is 5.52. The SMILES string of the molecule is Cc1cc(-c2nc(C#N)nc3c2ccn3C)ccc1OCCC1CCNCC1. The minimum atomic E-state index is 0.184. The van der Waals surface area contributed by atoms with Crippen molar-refractivity contribution in [3.8, 4) is 23.1 Å². The summed E-state index contributed by atoms with van der Waals surface area (Å²) in [5, 5.41) is 13.6. The number of aryl methyl sites for hydroxylation is 2. The maximum atomic E-state index is 9.29. The molecule has 0 saturated carbocycles. The van der Waals surface area contributed by atoms with Gasteiger partial charge >= 0.3 is 0 Å². The Bertz CT molecular complexity index is 1030. The fourth-order valence-electron chi connectivity index (χ4n) is 3.87. The van der Waals surface area contributed by atoms with E-state index in [1.165, 1.54) is 12.8 Å². The lowest BCUT2D eigenvalue weighted by atomic mass is 9.95. The topological polar surface area (TPSA) is 75.8 Å². The Balaban J connectivity index is 1.55. The van der Waals surface area contributed by atoms with Crippen LogP contribution in [0.2, 0.25) is 0 Å². The molecule has 1 fully saturated rings. The summed E-state index contributed by atoms with van der Waals surface area (Å²) in [5.41, 5.74) is 3.59. The Kier molecular flexibility index (Phi) is 5.27. The molecule has 2 aromatic heterocycles. The van der Waals surface area contributed by atoms with Gasteiger partial charge in [0.25, 0.3) is 0 Å². The highest BCUT2D eigenvalue weighted by molar-refractivity contribution is 5.91. The highest BCUT2D eigenvalue weighted by atomic mass is 16.5. The quantitative estimate of drug-likeness (QED) is 0.738. The number of nitrogens with one attached hydrogen (secondary N) is 1. The maximum absolute atomic E-state index is 9.29. The van der Waals surface area contributed by atoms with E-state index < -0.39 is 0 Å². The van der Waals surface area contributed by atoms with Gasteiger partial charge in [0.05, 0.1) is 12.3 Å². The van der Waals surface area contributed by atoms with Crippen LogP contribution in [0, 0.1) is 24.2 Å². The largest absolute Gasteiger partial charge is 0.493 e. The summed E-state index contributed by atoms with van der Waals surface area (Å²) in [5.74, 6) is 1.86. The number of nitrogens with zero attached hydrogens (tertiary/aromatic N) is 4. The molecule has 144 valence electrons. The lowest BCUT2D eigenvalue weighted by Crippen LogP contribution is -2.28. The van der Waals surface area contributed by atoms with Crippen molar-refractivity contribution in [3.05, 3.63) is 41.9 Å². The summed E-state index contributed by atoms with van der Waals surface area (Å²) in [6.45, 7) is 5.05. The standard InChI is InChI=1S/C22H25N5O/c1-15-13-17(3-4-19(15)28-12-8-16-5-9-24-10-6-16)21-18-7-11-27(2)22(18)26-20(14-23)25-21/h3-4,7,11,13,16,24H,5-6,8-10,12H2,1-2H3. The Labute approximate surface area is 165 Å². The predicted molar refractivity (Wildman–Crippen MR) is 109 cm³/mol. The fraction of sp³-hybridized carbons (Fsp3) is 0.409. The van der Waals surface area contributed by atoms with E-state index in [0.717, 1.165) is 65.6 Å². The van der Waals surface area contributed by atoms with Crippen LogP contribution in [0.5, 0.6) is 5.75 Å². The number of aromatic nitrogens is 3. The van der Waals surface area contributed by atoms with Gasteiger partial charge in [-0.25, -0.2) is 9.97 Å². The van der Waals surface area contributed by atoms with Crippen LogP contribution in [0.15, 0.2) is 30.5 Å². The van der Waals surface area contributed by atoms with Crippen LogP contribution in [-0.4, -0.2) is 34.2 Å². The maximum Gasteiger partial charge on any atom is 0.234 e. The molecule has 0 unspecified atom stereocenters. The summed E-state index contributed by atoms with van der Waals surface area (Å²) in [7, 11) is 1.92. The molecule has 1 aliphatic heterocycles. The summed E-state index contributed by atoms with van der Waals surface area (Å²) in [4.78, 5) is 8.79. The molecule has 0 bridgehead atoms. The van der Waals surface area contributed by atoms with Crippen LogP contribution in [0.25, 0.3) is 22.3 Å². The van der Waals surface area contributed by atoms with Crippen LogP contribution in [0.1, 0.15) is 30.7 Å². The van der Waals surface area contributed by atoms with E-state index in [0.29, 0.717) is 0 Å². The van der Waals surface area contributed by atoms with Crippen molar-refractivity contribution in [2.24, 2.45) is 13.0 Å². The first-order valence-electron chi connectivity index (χ1n) is 9.83. The molecule has 6 heteroatoms. The number of ether oxygens (including phenoxy) is 1. The predicted octanol–water partition coefficient (Wildman–Crippen LogP) is 3.58. The zero-order chi connectivity index (χ0) is 19.5. The molecule has 28 heavy (non-hydrogen) atoms. The van der Waals surface area contributed by atoms with E-state index in [1.807, 2.05) is 36.0 Å². The number of hydrogen-bond acceptors (Lipinski definition) is 5. The summed E-state index contributed by atoms with van der Waals surface area (Å²) < 4.78 is 7.97. The summed E-state index contributed by atoms with van der Waals surface area (Å²) in [6, 6.07) is 10.2.